The van der Waals surface area contributed by atoms with Crippen molar-refractivity contribution in [3.63, 3.8) is 0 Å². The predicted molar refractivity (Wildman–Crippen MR) is 103 cm³/mol. The van der Waals surface area contributed by atoms with Crippen molar-refractivity contribution < 1.29 is 15.0 Å². The fourth-order valence-electron chi connectivity index (χ4n) is 3.44. The van der Waals surface area contributed by atoms with Crippen LogP contribution in [0.4, 0.5) is 0 Å². The van der Waals surface area contributed by atoms with Gasteiger partial charge in [0.25, 0.3) is 5.97 Å². The topological polar surface area (TPSA) is 57.5 Å². The first-order chi connectivity index (χ1) is 11.9. The second-order valence-electron chi connectivity index (χ2n) is 6.21. The first kappa shape index (κ1) is 16.8. The fourth-order valence-corrected chi connectivity index (χ4v) is 3.44. The molecular weight excluding hydrogens is 312 g/mol. The molecule has 25 heavy (non-hydrogen) atoms. The van der Waals surface area contributed by atoms with E-state index in [1.165, 1.54) is 38.1 Å². The fraction of sp³-hybridized carbons (Fsp3) is 0.136. The molecule has 4 aromatic rings. The molecule has 0 aliphatic rings. The molecule has 0 saturated heterocycles. The number of benzene rings is 4. The van der Waals surface area contributed by atoms with Crippen LogP contribution in [0, 0.1) is 13.8 Å². The van der Waals surface area contributed by atoms with E-state index in [4.69, 9.17) is 9.90 Å². The van der Waals surface area contributed by atoms with Crippen molar-refractivity contribution in [1.29, 1.82) is 0 Å². The van der Waals surface area contributed by atoms with E-state index < -0.39 is 5.97 Å². The number of rotatable bonds is 0. The summed E-state index contributed by atoms with van der Waals surface area (Å²) in [7, 11) is 0. The molecule has 0 radical (unpaired) electrons. The molecule has 3 heteroatoms. The summed E-state index contributed by atoms with van der Waals surface area (Å²) in [4.78, 5) is 9.00. The Balaban J connectivity index is 0.000000415. The zero-order valence-corrected chi connectivity index (χ0v) is 14.5. The average molecular weight is 332 g/mol. The van der Waals surface area contributed by atoms with E-state index in [1.807, 2.05) is 12.1 Å². The molecule has 0 atom stereocenters. The van der Waals surface area contributed by atoms with Crippen molar-refractivity contribution in [2.75, 3.05) is 0 Å². The van der Waals surface area contributed by atoms with Crippen molar-refractivity contribution in [3.05, 3.63) is 65.7 Å². The smallest absolute Gasteiger partial charge is 0.300 e. The van der Waals surface area contributed by atoms with Crippen LogP contribution in [0.25, 0.3) is 32.3 Å². The maximum absolute atomic E-state index is 9.79. The number of carboxylic acids is 1. The average Bonchev–Trinajstić information content (AvgIpc) is 2.58. The lowest BCUT2D eigenvalue weighted by atomic mass is 9.90. The van der Waals surface area contributed by atoms with E-state index in [2.05, 4.69) is 50.2 Å². The van der Waals surface area contributed by atoms with Gasteiger partial charge in [0.05, 0.1) is 0 Å². The van der Waals surface area contributed by atoms with Crippen LogP contribution in [0.15, 0.2) is 54.6 Å². The van der Waals surface area contributed by atoms with Gasteiger partial charge < -0.3 is 10.2 Å². The molecule has 0 aliphatic carbocycles. The molecule has 0 bridgehead atoms. The number of phenols is 1. The quantitative estimate of drug-likeness (QED) is 0.327. The molecule has 0 fully saturated rings. The third kappa shape index (κ3) is 3.01. The molecule has 0 aliphatic heterocycles. The van der Waals surface area contributed by atoms with E-state index in [-0.39, 0.29) is 0 Å². The zero-order valence-electron chi connectivity index (χ0n) is 14.5. The maximum atomic E-state index is 9.79. The Morgan fingerprint density at radius 2 is 1.44 bits per heavy atom. The van der Waals surface area contributed by atoms with Crippen LogP contribution in [0.5, 0.6) is 5.75 Å². The summed E-state index contributed by atoms with van der Waals surface area (Å²) < 4.78 is 0. The summed E-state index contributed by atoms with van der Waals surface area (Å²) in [5.74, 6) is -0.509. The normalized spacial score (nSPS) is 10.7. The van der Waals surface area contributed by atoms with Crippen LogP contribution in [0.3, 0.4) is 0 Å². The third-order valence-electron chi connectivity index (χ3n) is 4.52. The molecule has 0 spiro atoms. The molecule has 0 saturated carbocycles. The zero-order chi connectivity index (χ0) is 18.1. The molecule has 0 amide bonds. The molecule has 126 valence electrons. The Morgan fingerprint density at radius 1 is 0.800 bits per heavy atom. The molecule has 0 unspecified atom stereocenters. The number of aliphatic carboxylic acids is 1. The van der Waals surface area contributed by atoms with Crippen LogP contribution >= 0.6 is 0 Å². The van der Waals surface area contributed by atoms with Gasteiger partial charge in [-0.05, 0) is 69.4 Å². The lowest BCUT2D eigenvalue weighted by Crippen LogP contribution is -1.89. The van der Waals surface area contributed by atoms with Crippen LogP contribution in [-0.4, -0.2) is 16.2 Å². The highest BCUT2D eigenvalue weighted by Crippen LogP contribution is 2.37. The van der Waals surface area contributed by atoms with Crippen molar-refractivity contribution in [2.45, 2.75) is 20.8 Å². The molecule has 0 heterocycles. The molecule has 4 aromatic carbocycles. The van der Waals surface area contributed by atoms with Gasteiger partial charge in [-0.3, -0.25) is 4.79 Å². The Bertz CT molecular complexity index is 1110. The lowest BCUT2D eigenvalue weighted by molar-refractivity contribution is -0.134. The van der Waals surface area contributed by atoms with E-state index in [0.29, 0.717) is 5.75 Å². The minimum Gasteiger partial charge on any atom is -0.508 e. The highest BCUT2D eigenvalue weighted by atomic mass is 16.4. The molecular formula is C22H20O3. The van der Waals surface area contributed by atoms with Gasteiger partial charge in [0.15, 0.2) is 0 Å². The summed E-state index contributed by atoms with van der Waals surface area (Å²) in [6, 6.07) is 18.6. The molecule has 0 aromatic heterocycles. The van der Waals surface area contributed by atoms with Crippen LogP contribution in [0.2, 0.25) is 0 Å². The number of carbonyl (C=O) groups is 1. The minimum atomic E-state index is -0.833. The predicted octanol–water partition coefficient (Wildman–Crippen LogP) is 5.56. The largest absolute Gasteiger partial charge is 0.508 e. The summed E-state index contributed by atoms with van der Waals surface area (Å²) in [5.41, 5.74) is 2.51. The van der Waals surface area contributed by atoms with Gasteiger partial charge in [0.1, 0.15) is 5.75 Å². The first-order valence-electron chi connectivity index (χ1n) is 8.13. The van der Waals surface area contributed by atoms with Crippen molar-refractivity contribution >= 4 is 38.3 Å². The Labute approximate surface area is 146 Å². The van der Waals surface area contributed by atoms with Gasteiger partial charge >= 0.3 is 0 Å². The minimum absolute atomic E-state index is 0.324. The van der Waals surface area contributed by atoms with Gasteiger partial charge in [-0.15, -0.1) is 0 Å². The molecule has 2 N–H and O–H groups in total. The number of hydrogen-bond donors (Lipinski definition) is 2. The van der Waals surface area contributed by atoms with Crippen molar-refractivity contribution in [3.8, 4) is 5.75 Å². The van der Waals surface area contributed by atoms with Gasteiger partial charge in [0.2, 0.25) is 0 Å². The second kappa shape index (κ2) is 6.44. The number of hydrogen-bond acceptors (Lipinski definition) is 2. The molecule has 4 rings (SSSR count). The first-order valence-corrected chi connectivity index (χ1v) is 8.13. The summed E-state index contributed by atoms with van der Waals surface area (Å²) in [6.45, 7) is 5.39. The van der Waals surface area contributed by atoms with Gasteiger partial charge in [-0.25, -0.2) is 0 Å². The number of fused-ring (bicyclic) bond motifs is 4. The third-order valence-corrected chi connectivity index (χ3v) is 4.52. The van der Waals surface area contributed by atoms with Gasteiger partial charge in [-0.2, -0.15) is 0 Å². The van der Waals surface area contributed by atoms with E-state index >= 15 is 0 Å². The number of carboxylic acid groups (broad SMARTS) is 1. The van der Waals surface area contributed by atoms with Crippen molar-refractivity contribution in [1.82, 2.24) is 0 Å². The monoisotopic (exact) mass is 332 g/mol. The van der Waals surface area contributed by atoms with E-state index in [1.54, 1.807) is 6.07 Å². The number of aromatic hydroxyl groups is 1. The van der Waals surface area contributed by atoms with Gasteiger partial charge in [-0.1, -0.05) is 42.5 Å². The summed E-state index contributed by atoms with van der Waals surface area (Å²) in [5, 5.41) is 24.7. The Hall–Kier alpha value is -3.07. The number of phenolic OH excluding ortho intramolecular Hbond substituents is 1. The lowest BCUT2D eigenvalue weighted by Gasteiger charge is -2.14. The Kier molecular flexibility index (Phi) is 4.32. The van der Waals surface area contributed by atoms with Gasteiger partial charge in [0, 0.05) is 6.92 Å². The van der Waals surface area contributed by atoms with Crippen molar-refractivity contribution in [2.24, 2.45) is 0 Å². The highest BCUT2D eigenvalue weighted by Gasteiger charge is 2.11. The second-order valence-corrected chi connectivity index (χ2v) is 6.21. The molecule has 3 nitrogen and oxygen atoms in total. The Morgan fingerprint density at radius 3 is 2.16 bits per heavy atom. The van der Waals surface area contributed by atoms with Crippen LogP contribution in [0.1, 0.15) is 18.1 Å². The summed E-state index contributed by atoms with van der Waals surface area (Å²) >= 11 is 0. The highest BCUT2D eigenvalue weighted by molar-refractivity contribution is 6.16. The SMILES string of the molecule is CC(=O)O.Cc1c2cc(O)ccc2c(C)c2c1ccc1ccccc12. The number of aryl methyl sites for hydroxylation is 2. The van der Waals surface area contributed by atoms with E-state index in [0.717, 1.165) is 12.3 Å². The van der Waals surface area contributed by atoms with Crippen LogP contribution in [-0.2, 0) is 4.79 Å². The summed E-state index contributed by atoms with van der Waals surface area (Å²) in [6.07, 6.45) is 0. The van der Waals surface area contributed by atoms with E-state index in [9.17, 15) is 5.11 Å². The van der Waals surface area contributed by atoms with Crippen LogP contribution < -0.4 is 0 Å². The maximum Gasteiger partial charge on any atom is 0.300 e. The standard InChI is InChI=1S/C20H16O.C2H4O2/c1-12-17-9-7-14-5-3-4-6-18(14)20(17)13(2)16-10-8-15(21)11-19(12)16;1-2(3)4/h3-11,21H,1-2H3;1H3,(H,3,4).